The fourth-order valence-electron chi connectivity index (χ4n) is 4.38. The molecule has 2 N–H and O–H groups in total. The second kappa shape index (κ2) is 10.4. The predicted octanol–water partition coefficient (Wildman–Crippen LogP) is 4.89. The van der Waals surface area contributed by atoms with Gasteiger partial charge < -0.3 is 14.9 Å². The Balaban J connectivity index is 0.000000321. The van der Waals surface area contributed by atoms with Gasteiger partial charge in [0.2, 0.25) is 0 Å². The molecule has 0 aromatic rings. The van der Waals surface area contributed by atoms with E-state index < -0.39 is 17.5 Å². The number of fused-ring (bicyclic) bond motifs is 1. The van der Waals surface area contributed by atoms with Gasteiger partial charge in [0.05, 0.1) is 17.9 Å². The van der Waals surface area contributed by atoms with Crippen molar-refractivity contribution in [1.29, 1.82) is 0 Å². The van der Waals surface area contributed by atoms with Crippen LogP contribution >= 0.6 is 0 Å². The second-order valence-electron chi connectivity index (χ2n) is 9.45. The summed E-state index contributed by atoms with van der Waals surface area (Å²) in [7, 11) is 0. The van der Waals surface area contributed by atoms with Crippen molar-refractivity contribution in [2.24, 2.45) is 23.2 Å². The highest BCUT2D eigenvalue weighted by atomic mass is 16.5. The fraction of sp³-hybridized carbons (Fsp3) is 0.750. The third-order valence-electron chi connectivity index (χ3n) is 6.83. The van der Waals surface area contributed by atoms with Crippen LogP contribution in [-0.4, -0.2) is 34.4 Å². The topological polar surface area (TPSA) is 83.8 Å². The van der Waals surface area contributed by atoms with Crippen molar-refractivity contribution in [1.82, 2.24) is 0 Å². The number of cyclic esters (lactones) is 1. The van der Waals surface area contributed by atoms with E-state index in [0.29, 0.717) is 30.6 Å². The number of esters is 1. The smallest absolute Gasteiger partial charge is 0.309 e. The van der Waals surface area contributed by atoms with Crippen LogP contribution < -0.4 is 0 Å². The summed E-state index contributed by atoms with van der Waals surface area (Å²) in [6.45, 7) is 7.60. The Morgan fingerprint density at radius 3 is 2.62 bits per heavy atom. The third kappa shape index (κ3) is 6.70. The van der Waals surface area contributed by atoms with Crippen LogP contribution in [0, 0.1) is 23.2 Å². The lowest BCUT2D eigenvalue weighted by Crippen LogP contribution is -2.34. The number of carboxylic acid groups (broad SMARTS) is 1. The normalized spacial score (nSPS) is 31.7. The maximum absolute atomic E-state index is 11.4. The molecule has 0 bridgehead atoms. The molecule has 0 spiro atoms. The molecule has 1 aliphatic heterocycles. The molecule has 4 unspecified atom stereocenters. The second-order valence-corrected chi connectivity index (χ2v) is 9.45. The average molecular weight is 407 g/mol. The molecule has 1 saturated heterocycles. The number of ether oxygens (including phenoxy) is 1. The SMILES string of the molecule is CC1C=CC2=CCCCC2C1CC[C@@H]1CC(O)CC(=O)O1.CCC(C)(C)C(=O)O. The number of aliphatic hydroxyl groups excluding tert-OH is 1. The summed E-state index contributed by atoms with van der Waals surface area (Å²) < 4.78 is 5.39. The van der Waals surface area contributed by atoms with E-state index in [0.717, 1.165) is 12.8 Å². The van der Waals surface area contributed by atoms with Crippen molar-refractivity contribution in [3.05, 3.63) is 23.8 Å². The molecule has 3 aliphatic rings. The summed E-state index contributed by atoms with van der Waals surface area (Å²) in [5.74, 6) is 0.963. The number of aliphatic carboxylic acids is 1. The Kier molecular flexibility index (Phi) is 8.50. The maximum atomic E-state index is 11.4. The Labute approximate surface area is 175 Å². The summed E-state index contributed by atoms with van der Waals surface area (Å²) in [5, 5.41) is 18.1. The number of carboxylic acids is 1. The van der Waals surface area contributed by atoms with Gasteiger partial charge in [-0.3, -0.25) is 9.59 Å². The lowest BCUT2D eigenvalue weighted by molar-refractivity contribution is -0.160. The average Bonchev–Trinajstić information content (AvgIpc) is 2.67. The largest absolute Gasteiger partial charge is 0.481 e. The number of aliphatic hydroxyl groups is 1. The first-order valence-electron chi connectivity index (χ1n) is 11.1. The molecule has 5 nitrogen and oxygen atoms in total. The summed E-state index contributed by atoms with van der Waals surface area (Å²) in [6, 6.07) is 0. The molecule has 2 aliphatic carbocycles. The molecule has 0 radical (unpaired) electrons. The van der Waals surface area contributed by atoms with Gasteiger partial charge in [-0.1, -0.05) is 32.1 Å². The highest BCUT2D eigenvalue weighted by molar-refractivity contribution is 5.73. The number of hydrogen-bond donors (Lipinski definition) is 2. The maximum Gasteiger partial charge on any atom is 0.309 e. The molecule has 164 valence electrons. The van der Waals surface area contributed by atoms with E-state index in [4.69, 9.17) is 9.84 Å². The van der Waals surface area contributed by atoms with Gasteiger partial charge in [-0.15, -0.1) is 0 Å². The van der Waals surface area contributed by atoms with Gasteiger partial charge >= 0.3 is 11.9 Å². The molecule has 29 heavy (non-hydrogen) atoms. The van der Waals surface area contributed by atoms with Crippen molar-refractivity contribution >= 4 is 11.9 Å². The highest BCUT2D eigenvalue weighted by Gasteiger charge is 2.34. The van der Waals surface area contributed by atoms with Gasteiger partial charge in [-0.2, -0.15) is 0 Å². The number of rotatable bonds is 5. The summed E-state index contributed by atoms with van der Waals surface area (Å²) in [6.07, 6.45) is 13.7. The van der Waals surface area contributed by atoms with Crippen molar-refractivity contribution < 1.29 is 24.5 Å². The van der Waals surface area contributed by atoms with E-state index in [9.17, 15) is 14.7 Å². The molecule has 0 aromatic heterocycles. The molecule has 1 heterocycles. The first kappa shape index (κ1) is 23.7. The predicted molar refractivity (Wildman–Crippen MR) is 113 cm³/mol. The molecule has 5 atom stereocenters. The molecule has 0 amide bonds. The number of carbonyl (C=O) groups excluding carboxylic acids is 1. The van der Waals surface area contributed by atoms with Crippen LogP contribution in [-0.2, 0) is 14.3 Å². The Morgan fingerprint density at radius 2 is 2.03 bits per heavy atom. The molecular formula is C24H38O5. The van der Waals surface area contributed by atoms with E-state index in [2.05, 4.69) is 25.2 Å². The molecule has 0 saturated carbocycles. The molecule has 1 fully saturated rings. The zero-order chi connectivity index (χ0) is 21.6. The minimum Gasteiger partial charge on any atom is -0.481 e. The Hall–Kier alpha value is -1.62. The summed E-state index contributed by atoms with van der Waals surface area (Å²) in [5.41, 5.74) is 0.977. The van der Waals surface area contributed by atoms with Gasteiger partial charge in [0, 0.05) is 6.42 Å². The van der Waals surface area contributed by atoms with Crippen LogP contribution in [0.2, 0.25) is 0 Å². The number of hydrogen-bond acceptors (Lipinski definition) is 4. The summed E-state index contributed by atoms with van der Waals surface area (Å²) >= 11 is 0. The highest BCUT2D eigenvalue weighted by Crippen LogP contribution is 2.42. The quantitative estimate of drug-likeness (QED) is 0.635. The van der Waals surface area contributed by atoms with Crippen LogP contribution in [0.25, 0.3) is 0 Å². The van der Waals surface area contributed by atoms with E-state index in [1.54, 1.807) is 13.8 Å². The Morgan fingerprint density at radius 1 is 1.31 bits per heavy atom. The molecule has 5 heteroatoms. The van der Waals surface area contributed by atoms with Crippen molar-refractivity contribution in [2.45, 2.75) is 91.3 Å². The fourth-order valence-corrected chi connectivity index (χ4v) is 4.38. The van der Waals surface area contributed by atoms with Crippen molar-refractivity contribution in [3.63, 3.8) is 0 Å². The number of allylic oxidation sites excluding steroid dienone is 4. The van der Waals surface area contributed by atoms with E-state index in [1.165, 1.54) is 24.8 Å². The van der Waals surface area contributed by atoms with Crippen LogP contribution in [0.4, 0.5) is 0 Å². The van der Waals surface area contributed by atoms with E-state index in [1.807, 2.05) is 6.92 Å². The van der Waals surface area contributed by atoms with E-state index in [-0.39, 0.29) is 18.5 Å². The van der Waals surface area contributed by atoms with Crippen LogP contribution in [0.5, 0.6) is 0 Å². The lowest BCUT2D eigenvalue weighted by Gasteiger charge is -2.38. The monoisotopic (exact) mass is 406 g/mol. The van der Waals surface area contributed by atoms with Gasteiger partial charge in [-0.05, 0) is 75.7 Å². The summed E-state index contributed by atoms with van der Waals surface area (Å²) in [4.78, 5) is 21.7. The minimum atomic E-state index is -0.722. The van der Waals surface area contributed by atoms with Crippen LogP contribution in [0.3, 0.4) is 0 Å². The molecule has 0 aromatic carbocycles. The third-order valence-corrected chi connectivity index (χ3v) is 6.83. The number of carbonyl (C=O) groups is 2. The van der Waals surface area contributed by atoms with Gasteiger partial charge in [0.1, 0.15) is 6.10 Å². The van der Waals surface area contributed by atoms with Gasteiger partial charge in [0.25, 0.3) is 0 Å². The zero-order valence-electron chi connectivity index (χ0n) is 18.4. The molecular weight excluding hydrogens is 368 g/mol. The van der Waals surface area contributed by atoms with Crippen molar-refractivity contribution in [3.8, 4) is 0 Å². The molecule has 3 rings (SSSR count). The van der Waals surface area contributed by atoms with Crippen molar-refractivity contribution in [2.75, 3.05) is 0 Å². The van der Waals surface area contributed by atoms with Crippen LogP contribution in [0.15, 0.2) is 23.8 Å². The first-order valence-corrected chi connectivity index (χ1v) is 11.1. The lowest BCUT2D eigenvalue weighted by atomic mass is 9.68. The van der Waals surface area contributed by atoms with E-state index >= 15 is 0 Å². The zero-order valence-corrected chi connectivity index (χ0v) is 18.4. The van der Waals surface area contributed by atoms with Crippen LogP contribution in [0.1, 0.15) is 79.1 Å². The van der Waals surface area contributed by atoms with Gasteiger partial charge in [-0.25, -0.2) is 0 Å². The Bertz CT molecular complexity index is 633. The van der Waals surface area contributed by atoms with Gasteiger partial charge in [0.15, 0.2) is 0 Å². The minimum absolute atomic E-state index is 0.0876. The first-order chi connectivity index (χ1) is 13.6. The standard InChI is InChI=1S/C18H26O3.C6H12O2/c1-12-6-7-13-4-2-3-5-17(13)16(12)9-8-15-10-14(19)11-18(20)21-15;1-4-6(2,3)5(7)8/h4,6-7,12,14-17,19H,2-3,5,8-11H2,1H3;4H2,1-3H3,(H,7,8)/t12?,14?,15-,16?,17?;/m1./s1.